The van der Waals surface area contributed by atoms with Crippen molar-refractivity contribution < 1.29 is 4.79 Å². The lowest BCUT2D eigenvalue weighted by Gasteiger charge is -2.06. The molecule has 0 saturated heterocycles. The summed E-state index contributed by atoms with van der Waals surface area (Å²) >= 11 is 5.94. The lowest BCUT2D eigenvalue weighted by molar-refractivity contribution is 0.0949. The van der Waals surface area contributed by atoms with Crippen molar-refractivity contribution in [1.82, 2.24) is 15.3 Å². The number of benzene rings is 1. The van der Waals surface area contributed by atoms with Gasteiger partial charge in [-0.2, -0.15) is 0 Å². The summed E-state index contributed by atoms with van der Waals surface area (Å²) in [6.45, 7) is 0.192. The summed E-state index contributed by atoms with van der Waals surface area (Å²) in [4.78, 5) is 38.2. The average Bonchev–Trinajstić information content (AvgIpc) is 2.37. The molecular formula is C12H10ClN3O3. The lowest BCUT2D eigenvalue weighted by Crippen LogP contribution is -2.33. The van der Waals surface area contributed by atoms with E-state index < -0.39 is 17.2 Å². The number of carbonyl (C=O) groups is 1. The van der Waals surface area contributed by atoms with Gasteiger partial charge in [-0.1, -0.05) is 29.8 Å². The molecule has 0 aliphatic carbocycles. The Hall–Kier alpha value is -2.34. The smallest absolute Gasteiger partial charge is 0.325 e. The first-order valence-corrected chi connectivity index (χ1v) is 5.79. The van der Waals surface area contributed by atoms with Crippen molar-refractivity contribution in [2.75, 3.05) is 0 Å². The van der Waals surface area contributed by atoms with Crippen molar-refractivity contribution in [2.45, 2.75) is 6.54 Å². The van der Waals surface area contributed by atoms with Crippen LogP contribution in [0.2, 0.25) is 5.02 Å². The molecule has 1 heterocycles. The largest absolute Gasteiger partial charge is 0.348 e. The lowest BCUT2D eigenvalue weighted by atomic mass is 10.2. The van der Waals surface area contributed by atoms with Crippen LogP contribution in [0.3, 0.4) is 0 Å². The molecule has 2 aromatic rings. The maximum absolute atomic E-state index is 11.8. The van der Waals surface area contributed by atoms with Gasteiger partial charge in [-0.15, -0.1) is 0 Å². The molecule has 3 N–H and O–H groups in total. The second-order valence-corrected chi connectivity index (χ2v) is 4.17. The summed E-state index contributed by atoms with van der Waals surface area (Å²) in [5, 5.41) is 3.08. The summed E-state index contributed by atoms with van der Waals surface area (Å²) in [5.74, 6) is -0.586. The first-order chi connectivity index (χ1) is 9.08. The van der Waals surface area contributed by atoms with Crippen LogP contribution in [-0.2, 0) is 6.54 Å². The fourth-order valence-corrected chi connectivity index (χ4v) is 1.69. The highest BCUT2D eigenvalue weighted by Crippen LogP contribution is 2.14. The van der Waals surface area contributed by atoms with E-state index in [4.69, 9.17) is 11.6 Å². The van der Waals surface area contributed by atoms with Crippen molar-refractivity contribution in [3.63, 3.8) is 0 Å². The molecule has 0 saturated carbocycles. The minimum Gasteiger partial charge on any atom is -0.348 e. The number of aromatic amines is 2. The van der Waals surface area contributed by atoms with Gasteiger partial charge in [0.15, 0.2) is 0 Å². The monoisotopic (exact) mass is 279 g/mol. The van der Waals surface area contributed by atoms with Crippen LogP contribution in [0.4, 0.5) is 0 Å². The number of rotatable bonds is 3. The third-order valence-corrected chi connectivity index (χ3v) is 2.83. The Balaban J connectivity index is 2.12. The van der Waals surface area contributed by atoms with E-state index in [9.17, 15) is 14.4 Å². The van der Waals surface area contributed by atoms with Crippen LogP contribution >= 0.6 is 11.6 Å². The van der Waals surface area contributed by atoms with Gasteiger partial charge in [-0.05, 0) is 11.6 Å². The Morgan fingerprint density at radius 3 is 2.68 bits per heavy atom. The summed E-state index contributed by atoms with van der Waals surface area (Å²) < 4.78 is 0. The maximum atomic E-state index is 11.8. The van der Waals surface area contributed by atoms with Gasteiger partial charge in [0.2, 0.25) is 0 Å². The molecule has 0 unspecified atom stereocenters. The van der Waals surface area contributed by atoms with Crippen molar-refractivity contribution in [2.24, 2.45) is 0 Å². The Morgan fingerprint density at radius 1 is 1.26 bits per heavy atom. The van der Waals surface area contributed by atoms with Crippen LogP contribution < -0.4 is 16.6 Å². The number of nitrogens with one attached hydrogen (secondary N) is 3. The average molecular weight is 280 g/mol. The molecule has 19 heavy (non-hydrogen) atoms. The fourth-order valence-electron chi connectivity index (χ4n) is 1.49. The van der Waals surface area contributed by atoms with E-state index in [0.29, 0.717) is 5.02 Å². The van der Waals surface area contributed by atoms with Crippen LogP contribution in [0.25, 0.3) is 0 Å². The Labute approximate surface area is 112 Å². The number of aromatic nitrogens is 2. The normalized spacial score (nSPS) is 10.2. The summed E-state index contributed by atoms with van der Waals surface area (Å²) in [5.41, 5.74) is -0.821. The Kier molecular flexibility index (Phi) is 3.82. The van der Waals surface area contributed by atoms with E-state index in [0.717, 1.165) is 11.8 Å². The highest BCUT2D eigenvalue weighted by molar-refractivity contribution is 6.31. The van der Waals surface area contributed by atoms with Gasteiger partial charge in [0.25, 0.3) is 11.5 Å². The molecular weight excluding hydrogens is 270 g/mol. The van der Waals surface area contributed by atoms with Crippen molar-refractivity contribution >= 4 is 17.5 Å². The topological polar surface area (TPSA) is 94.8 Å². The van der Waals surface area contributed by atoms with E-state index in [2.05, 4.69) is 10.3 Å². The molecule has 0 fully saturated rings. The third kappa shape index (κ3) is 3.11. The standard InChI is InChI=1S/C12H10ClN3O3/c13-9-4-2-1-3-7(9)5-14-10(17)8-6-15-12(19)16-11(8)18/h1-4,6H,5H2,(H,14,17)(H2,15,16,18,19). The van der Waals surface area contributed by atoms with Gasteiger partial charge in [0.05, 0.1) is 0 Å². The highest BCUT2D eigenvalue weighted by atomic mass is 35.5. The van der Waals surface area contributed by atoms with Crippen LogP contribution in [0.1, 0.15) is 15.9 Å². The zero-order chi connectivity index (χ0) is 13.8. The van der Waals surface area contributed by atoms with E-state index in [-0.39, 0.29) is 12.1 Å². The number of halogens is 1. The van der Waals surface area contributed by atoms with E-state index >= 15 is 0 Å². The number of hydrogen-bond acceptors (Lipinski definition) is 3. The van der Waals surface area contributed by atoms with Gasteiger partial charge >= 0.3 is 5.69 Å². The SMILES string of the molecule is O=C(NCc1ccccc1Cl)c1c[nH]c(=O)[nH]c1=O. The van der Waals surface area contributed by atoms with Gasteiger partial charge in [-0.3, -0.25) is 14.6 Å². The molecule has 0 bridgehead atoms. The molecule has 0 aliphatic rings. The first kappa shape index (κ1) is 13.1. The molecule has 0 aliphatic heterocycles. The quantitative estimate of drug-likeness (QED) is 0.770. The van der Waals surface area contributed by atoms with E-state index in [1.54, 1.807) is 24.3 Å². The van der Waals surface area contributed by atoms with Crippen LogP contribution in [0, 0.1) is 0 Å². The third-order valence-electron chi connectivity index (χ3n) is 2.46. The fraction of sp³-hybridized carbons (Fsp3) is 0.0833. The molecule has 1 amide bonds. The molecule has 0 radical (unpaired) electrons. The minimum atomic E-state index is -0.736. The molecule has 1 aromatic carbocycles. The minimum absolute atomic E-state index is 0.161. The van der Waals surface area contributed by atoms with Crippen molar-refractivity contribution in [1.29, 1.82) is 0 Å². The summed E-state index contributed by atoms with van der Waals surface area (Å²) in [6, 6.07) is 7.04. The predicted molar refractivity (Wildman–Crippen MR) is 70.3 cm³/mol. The molecule has 98 valence electrons. The second kappa shape index (κ2) is 5.53. The van der Waals surface area contributed by atoms with Gasteiger partial charge in [-0.25, -0.2) is 4.79 Å². The van der Waals surface area contributed by atoms with Crippen LogP contribution in [-0.4, -0.2) is 15.9 Å². The number of amides is 1. The zero-order valence-electron chi connectivity index (χ0n) is 9.70. The van der Waals surface area contributed by atoms with Gasteiger partial charge < -0.3 is 10.3 Å². The Bertz CT molecular complexity index is 720. The first-order valence-electron chi connectivity index (χ1n) is 5.41. The number of hydrogen-bond donors (Lipinski definition) is 3. The zero-order valence-corrected chi connectivity index (χ0v) is 10.5. The molecule has 6 nitrogen and oxygen atoms in total. The molecule has 0 spiro atoms. The second-order valence-electron chi connectivity index (χ2n) is 3.76. The maximum Gasteiger partial charge on any atom is 0.325 e. The van der Waals surface area contributed by atoms with Crippen LogP contribution in [0.15, 0.2) is 40.1 Å². The van der Waals surface area contributed by atoms with E-state index in [1.807, 2.05) is 4.98 Å². The number of carbonyl (C=O) groups excluding carboxylic acids is 1. The van der Waals surface area contributed by atoms with Gasteiger partial charge in [0, 0.05) is 17.8 Å². The molecule has 0 atom stereocenters. The van der Waals surface area contributed by atoms with Crippen LogP contribution in [0.5, 0.6) is 0 Å². The highest BCUT2D eigenvalue weighted by Gasteiger charge is 2.10. The van der Waals surface area contributed by atoms with Crippen molar-refractivity contribution in [3.8, 4) is 0 Å². The molecule has 1 aromatic heterocycles. The summed E-state index contributed by atoms with van der Waals surface area (Å²) in [6.07, 6.45) is 1.07. The molecule has 7 heteroatoms. The van der Waals surface area contributed by atoms with E-state index in [1.165, 1.54) is 0 Å². The van der Waals surface area contributed by atoms with Gasteiger partial charge in [0.1, 0.15) is 5.56 Å². The molecule has 2 rings (SSSR count). The summed E-state index contributed by atoms with van der Waals surface area (Å²) in [7, 11) is 0. The number of H-pyrrole nitrogens is 2. The Morgan fingerprint density at radius 2 is 2.00 bits per heavy atom. The van der Waals surface area contributed by atoms with Crippen molar-refractivity contribution in [3.05, 3.63) is 67.4 Å². The predicted octanol–water partition coefficient (Wildman–Crippen LogP) is 0.647.